The third kappa shape index (κ3) is 3.49. The summed E-state index contributed by atoms with van der Waals surface area (Å²) in [6.45, 7) is -0.191. The van der Waals surface area contributed by atoms with Crippen molar-refractivity contribution in [2.24, 2.45) is 0 Å². The van der Waals surface area contributed by atoms with Crippen molar-refractivity contribution in [2.75, 3.05) is 20.2 Å². The van der Waals surface area contributed by atoms with Crippen LogP contribution in [0.15, 0.2) is 23.1 Å². The molecule has 1 rings (SSSR count). The van der Waals surface area contributed by atoms with E-state index in [0.29, 0.717) is 6.07 Å². The van der Waals surface area contributed by atoms with Gasteiger partial charge in [0.15, 0.2) is 0 Å². The van der Waals surface area contributed by atoms with Gasteiger partial charge in [-0.1, -0.05) is 0 Å². The highest BCUT2D eigenvalue weighted by Crippen LogP contribution is 2.21. The van der Waals surface area contributed by atoms with Crippen molar-refractivity contribution in [3.8, 4) is 0 Å². The van der Waals surface area contributed by atoms with Gasteiger partial charge in [0.25, 0.3) is 0 Å². The van der Waals surface area contributed by atoms with E-state index in [9.17, 15) is 17.6 Å². The van der Waals surface area contributed by atoms with Crippen LogP contribution in [-0.2, 0) is 10.0 Å². The third-order valence-electron chi connectivity index (χ3n) is 2.49. The van der Waals surface area contributed by atoms with Gasteiger partial charge in [0.1, 0.15) is 5.82 Å². The Morgan fingerprint density at radius 1 is 1.42 bits per heavy atom. The number of benzene rings is 1. The molecule has 1 aromatic rings. The highest BCUT2D eigenvalue weighted by atomic mass is 32.2. The zero-order valence-corrected chi connectivity index (χ0v) is 11.0. The molecule has 0 fully saturated rings. The first-order valence-electron chi connectivity index (χ1n) is 5.40. The molecule has 0 saturated carbocycles. The van der Waals surface area contributed by atoms with Crippen LogP contribution in [0.5, 0.6) is 0 Å². The Labute approximate surface area is 110 Å². The van der Waals surface area contributed by atoms with Gasteiger partial charge >= 0.3 is 5.97 Å². The van der Waals surface area contributed by atoms with Crippen LogP contribution < -0.4 is 0 Å². The minimum absolute atomic E-state index is 0.00834. The number of hydrogen-bond acceptors (Lipinski definition) is 4. The van der Waals surface area contributed by atoms with E-state index < -0.39 is 32.3 Å². The first-order valence-corrected chi connectivity index (χ1v) is 6.84. The number of hydrogen-bond donors (Lipinski definition) is 2. The average Bonchev–Trinajstić information content (AvgIpc) is 2.35. The molecule has 0 bridgehead atoms. The van der Waals surface area contributed by atoms with Crippen molar-refractivity contribution < 1.29 is 27.8 Å². The van der Waals surface area contributed by atoms with Gasteiger partial charge in [0.05, 0.1) is 10.5 Å². The number of carbonyl (C=O) groups is 1. The Bertz CT molecular complexity index is 572. The second kappa shape index (κ2) is 6.09. The molecule has 0 radical (unpaired) electrons. The van der Waals surface area contributed by atoms with Gasteiger partial charge in [-0.25, -0.2) is 21.9 Å². The molecule has 1 aromatic carbocycles. The average molecular weight is 291 g/mol. The number of aromatic carboxylic acids is 1. The molecule has 0 aliphatic rings. The van der Waals surface area contributed by atoms with Crippen molar-refractivity contribution in [2.45, 2.75) is 11.3 Å². The van der Waals surface area contributed by atoms with E-state index in [0.717, 1.165) is 16.4 Å². The number of aliphatic hydroxyl groups excluding tert-OH is 1. The molecule has 0 aliphatic heterocycles. The molecule has 0 heterocycles. The van der Waals surface area contributed by atoms with Crippen LogP contribution in [0.1, 0.15) is 16.8 Å². The van der Waals surface area contributed by atoms with E-state index in [-0.39, 0.29) is 19.6 Å². The van der Waals surface area contributed by atoms with E-state index in [1.165, 1.54) is 7.05 Å². The lowest BCUT2D eigenvalue weighted by Crippen LogP contribution is -2.29. The first kappa shape index (κ1) is 15.5. The molecule has 0 aliphatic carbocycles. The summed E-state index contributed by atoms with van der Waals surface area (Å²) in [5, 5.41) is 17.6. The zero-order chi connectivity index (χ0) is 14.6. The number of carboxylic acids is 1. The Morgan fingerprint density at radius 3 is 2.58 bits per heavy atom. The molecule has 8 heteroatoms. The standard InChI is InChI=1S/C11H14FNO5S/c1-13(5-2-6-14)19(17,18)10-7-8(12)3-4-9(10)11(15)16/h3-4,7,14H,2,5-6H2,1H3,(H,15,16). The molecule has 0 aromatic heterocycles. The van der Waals surface area contributed by atoms with E-state index in [4.69, 9.17) is 10.2 Å². The molecule has 0 saturated heterocycles. The second-order valence-electron chi connectivity index (χ2n) is 3.85. The fraction of sp³-hybridized carbons (Fsp3) is 0.364. The molecule has 0 spiro atoms. The van der Waals surface area contributed by atoms with Gasteiger partial charge in [-0.15, -0.1) is 0 Å². The van der Waals surface area contributed by atoms with Crippen molar-refractivity contribution in [3.05, 3.63) is 29.6 Å². The fourth-order valence-corrected chi connectivity index (χ4v) is 2.87. The smallest absolute Gasteiger partial charge is 0.337 e. The zero-order valence-electron chi connectivity index (χ0n) is 10.2. The number of rotatable bonds is 6. The molecule has 0 atom stereocenters. The predicted octanol–water partition coefficient (Wildman–Crippen LogP) is 0.527. The summed E-state index contributed by atoms with van der Waals surface area (Å²) in [6, 6.07) is 2.47. The lowest BCUT2D eigenvalue weighted by Gasteiger charge is -2.17. The maximum Gasteiger partial charge on any atom is 0.337 e. The lowest BCUT2D eigenvalue weighted by molar-refractivity contribution is 0.0692. The SMILES string of the molecule is CN(CCCO)S(=O)(=O)c1cc(F)ccc1C(=O)O. The monoisotopic (exact) mass is 291 g/mol. The summed E-state index contributed by atoms with van der Waals surface area (Å²) in [5.74, 6) is -2.28. The van der Waals surface area contributed by atoms with Crippen LogP contribution in [0.2, 0.25) is 0 Å². The molecule has 19 heavy (non-hydrogen) atoms. The van der Waals surface area contributed by atoms with Gasteiger partial charge in [0, 0.05) is 20.2 Å². The van der Waals surface area contributed by atoms with Crippen LogP contribution in [0.4, 0.5) is 4.39 Å². The van der Waals surface area contributed by atoms with Gasteiger partial charge in [-0.05, 0) is 24.6 Å². The number of sulfonamides is 1. The minimum atomic E-state index is -4.11. The number of aliphatic hydroxyl groups is 1. The Balaban J connectivity index is 3.27. The summed E-state index contributed by atoms with van der Waals surface area (Å²) in [5.41, 5.74) is -0.489. The molecule has 0 amide bonds. The summed E-state index contributed by atoms with van der Waals surface area (Å²) < 4.78 is 38.3. The first-order chi connectivity index (χ1) is 8.80. The quantitative estimate of drug-likeness (QED) is 0.797. The normalized spacial score (nSPS) is 11.8. The van der Waals surface area contributed by atoms with Gasteiger partial charge in [-0.3, -0.25) is 0 Å². The Morgan fingerprint density at radius 2 is 2.05 bits per heavy atom. The third-order valence-corrected chi connectivity index (χ3v) is 4.39. The van der Waals surface area contributed by atoms with E-state index >= 15 is 0 Å². The van der Waals surface area contributed by atoms with Crippen LogP contribution in [-0.4, -0.2) is 49.1 Å². The van der Waals surface area contributed by atoms with Crippen molar-refractivity contribution in [1.29, 1.82) is 0 Å². The number of nitrogens with zero attached hydrogens (tertiary/aromatic N) is 1. The minimum Gasteiger partial charge on any atom is -0.478 e. The van der Waals surface area contributed by atoms with E-state index in [2.05, 4.69) is 0 Å². The highest BCUT2D eigenvalue weighted by molar-refractivity contribution is 7.89. The highest BCUT2D eigenvalue weighted by Gasteiger charge is 2.26. The summed E-state index contributed by atoms with van der Waals surface area (Å²) in [7, 11) is -2.87. The summed E-state index contributed by atoms with van der Waals surface area (Å²) in [4.78, 5) is 10.4. The van der Waals surface area contributed by atoms with Crippen molar-refractivity contribution in [1.82, 2.24) is 4.31 Å². The van der Waals surface area contributed by atoms with Crippen molar-refractivity contribution in [3.63, 3.8) is 0 Å². The predicted molar refractivity (Wildman–Crippen MR) is 64.9 cm³/mol. The van der Waals surface area contributed by atoms with Gasteiger partial charge < -0.3 is 10.2 Å². The Hall–Kier alpha value is -1.51. The molecular formula is C11H14FNO5S. The van der Waals surface area contributed by atoms with Gasteiger partial charge in [0.2, 0.25) is 10.0 Å². The van der Waals surface area contributed by atoms with Crippen LogP contribution in [0.25, 0.3) is 0 Å². The van der Waals surface area contributed by atoms with Crippen LogP contribution >= 0.6 is 0 Å². The van der Waals surface area contributed by atoms with E-state index in [1.807, 2.05) is 0 Å². The number of halogens is 1. The molecule has 0 unspecified atom stereocenters. The Kier molecular flexibility index (Phi) is 4.98. The molecular weight excluding hydrogens is 277 g/mol. The molecule has 6 nitrogen and oxygen atoms in total. The molecule has 106 valence electrons. The maximum absolute atomic E-state index is 13.1. The van der Waals surface area contributed by atoms with E-state index in [1.54, 1.807) is 0 Å². The lowest BCUT2D eigenvalue weighted by atomic mass is 10.2. The fourth-order valence-electron chi connectivity index (χ4n) is 1.47. The summed E-state index contributed by atoms with van der Waals surface area (Å²) in [6.07, 6.45) is 0.202. The van der Waals surface area contributed by atoms with Gasteiger partial charge in [-0.2, -0.15) is 0 Å². The topological polar surface area (TPSA) is 94.9 Å². The summed E-state index contributed by atoms with van der Waals surface area (Å²) >= 11 is 0. The van der Waals surface area contributed by atoms with Crippen molar-refractivity contribution >= 4 is 16.0 Å². The van der Waals surface area contributed by atoms with Crippen LogP contribution in [0.3, 0.4) is 0 Å². The second-order valence-corrected chi connectivity index (χ2v) is 5.86. The maximum atomic E-state index is 13.1. The molecule has 2 N–H and O–H groups in total. The van der Waals surface area contributed by atoms with Crippen LogP contribution in [0, 0.1) is 5.82 Å². The largest absolute Gasteiger partial charge is 0.478 e. The number of carboxylic acid groups (broad SMARTS) is 1.